The zero-order valence-electron chi connectivity index (χ0n) is 13.0. The van der Waals surface area contributed by atoms with Crippen molar-refractivity contribution in [3.63, 3.8) is 0 Å². The van der Waals surface area contributed by atoms with Gasteiger partial charge in [-0.15, -0.1) is 11.3 Å². The van der Waals surface area contributed by atoms with E-state index in [1.165, 1.54) is 30.4 Å². The second-order valence-electron chi connectivity index (χ2n) is 6.07. The van der Waals surface area contributed by atoms with E-state index in [0.717, 1.165) is 23.4 Å². The molecule has 0 atom stereocenters. The van der Waals surface area contributed by atoms with Crippen molar-refractivity contribution in [3.8, 4) is 0 Å². The number of carbonyl (C=O) groups excluding carboxylic acids is 1. The lowest BCUT2D eigenvalue weighted by molar-refractivity contribution is 0.201. The Balaban J connectivity index is 1.58. The molecule has 1 aromatic heterocycles. The fourth-order valence-corrected chi connectivity index (χ4v) is 3.99. The van der Waals surface area contributed by atoms with Crippen LogP contribution < -0.4 is 5.32 Å². The molecule has 1 N–H and O–H groups in total. The van der Waals surface area contributed by atoms with Crippen LogP contribution in [0, 0.1) is 0 Å². The molecular formula is C17H23N3OS. The highest BCUT2D eigenvalue weighted by Gasteiger charge is 2.18. The fourth-order valence-electron chi connectivity index (χ4n) is 2.97. The summed E-state index contributed by atoms with van der Waals surface area (Å²) in [7, 11) is 1.85. The molecule has 1 aliphatic rings. The van der Waals surface area contributed by atoms with Crippen molar-refractivity contribution in [2.24, 2.45) is 0 Å². The summed E-state index contributed by atoms with van der Waals surface area (Å²) in [6.45, 7) is 0.567. The Bertz CT molecular complexity index is 599. The molecule has 118 valence electrons. The van der Waals surface area contributed by atoms with Gasteiger partial charge in [-0.25, -0.2) is 9.78 Å². The van der Waals surface area contributed by atoms with Crippen LogP contribution in [0.25, 0.3) is 10.2 Å². The second kappa shape index (κ2) is 7.09. The highest BCUT2D eigenvalue weighted by Crippen LogP contribution is 2.22. The standard InChI is InChI=1S/C17H23N3OS/c1-20(17(21)18-13-8-4-2-3-5-9-13)12-16-19-14-10-6-7-11-15(14)22-16/h6-7,10-11,13H,2-5,8-9,12H2,1H3,(H,18,21). The van der Waals surface area contributed by atoms with E-state index in [9.17, 15) is 4.79 Å². The summed E-state index contributed by atoms with van der Waals surface area (Å²) >= 11 is 1.66. The average Bonchev–Trinajstić information content (AvgIpc) is 2.74. The lowest BCUT2D eigenvalue weighted by atomic mass is 10.1. The summed E-state index contributed by atoms with van der Waals surface area (Å²) in [6.07, 6.45) is 7.28. The molecule has 1 aliphatic carbocycles. The van der Waals surface area contributed by atoms with E-state index >= 15 is 0 Å². The van der Waals surface area contributed by atoms with Crippen molar-refractivity contribution in [3.05, 3.63) is 29.3 Å². The first-order valence-electron chi connectivity index (χ1n) is 8.08. The minimum atomic E-state index is 0.0196. The molecule has 0 spiro atoms. The number of para-hydroxylation sites is 1. The molecule has 2 amide bonds. The Morgan fingerprint density at radius 1 is 1.27 bits per heavy atom. The van der Waals surface area contributed by atoms with E-state index in [2.05, 4.69) is 16.4 Å². The Morgan fingerprint density at radius 2 is 2.00 bits per heavy atom. The number of hydrogen-bond acceptors (Lipinski definition) is 3. The molecule has 0 aliphatic heterocycles. The van der Waals surface area contributed by atoms with Gasteiger partial charge in [0.25, 0.3) is 0 Å². The number of thiazole rings is 1. The average molecular weight is 317 g/mol. The van der Waals surface area contributed by atoms with Crippen molar-refractivity contribution in [1.82, 2.24) is 15.2 Å². The van der Waals surface area contributed by atoms with Gasteiger partial charge in [-0.1, -0.05) is 37.8 Å². The lowest BCUT2D eigenvalue weighted by Crippen LogP contribution is -2.42. The van der Waals surface area contributed by atoms with Crippen molar-refractivity contribution in [1.29, 1.82) is 0 Å². The van der Waals surface area contributed by atoms with Crippen molar-refractivity contribution in [2.45, 2.75) is 51.1 Å². The van der Waals surface area contributed by atoms with Crippen LogP contribution in [-0.4, -0.2) is 29.0 Å². The quantitative estimate of drug-likeness (QED) is 0.864. The summed E-state index contributed by atoms with van der Waals surface area (Å²) < 4.78 is 1.18. The molecule has 3 rings (SSSR count). The highest BCUT2D eigenvalue weighted by molar-refractivity contribution is 7.18. The number of urea groups is 1. The maximum atomic E-state index is 12.3. The number of rotatable bonds is 3. The third-order valence-corrected chi connectivity index (χ3v) is 5.26. The number of benzene rings is 1. The molecule has 1 saturated carbocycles. The van der Waals surface area contributed by atoms with E-state index in [-0.39, 0.29) is 6.03 Å². The van der Waals surface area contributed by atoms with Crippen LogP contribution >= 0.6 is 11.3 Å². The molecule has 4 nitrogen and oxygen atoms in total. The largest absolute Gasteiger partial charge is 0.335 e. The topological polar surface area (TPSA) is 45.2 Å². The predicted octanol–water partition coefficient (Wildman–Crippen LogP) is 4.16. The number of aromatic nitrogens is 1. The number of fused-ring (bicyclic) bond motifs is 1. The Morgan fingerprint density at radius 3 is 2.73 bits per heavy atom. The summed E-state index contributed by atoms with van der Waals surface area (Å²) in [4.78, 5) is 18.7. The van der Waals surface area contributed by atoms with Gasteiger partial charge in [0.1, 0.15) is 5.01 Å². The van der Waals surface area contributed by atoms with Crippen molar-refractivity contribution in [2.75, 3.05) is 7.05 Å². The first-order valence-corrected chi connectivity index (χ1v) is 8.90. The van der Waals surface area contributed by atoms with Gasteiger partial charge in [0.05, 0.1) is 16.8 Å². The van der Waals surface area contributed by atoms with E-state index in [0.29, 0.717) is 12.6 Å². The number of amides is 2. The number of nitrogens with zero attached hydrogens (tertiary/aromatic N) is 2. The zero-order valence-corrected chi connectivity index (χ0v) is 13.9. The van der Waals surface area contributed by atoms with Crippen molar-refractivity contribution >= 4 is 27.6 Å². The van der Waals surface area contributed by atoms with Gasteiger partial charge in [-0.05, 0) is 25.0 Å². The van der Waals surface area contributed by atoms with Crippen LogP contribution in [0.4, 0.5) is 4.79 Å². The maximum absolute atomic E-state index is 12.3. The van der Waals surface area contributed by atoms with Crippen molar-refractivity contribution < 1.29 is 4.79 Å². The Labute approximate surface area is 135 Å². The third-order valence-electron chi connectivity index (χ3n) is 4.24. The van der Waals surface area contributed by atoms with Gasteiger partial charge in [-0.3, -0.25) is 0 Å². The van der Waals surface area contributed by atoms with Crippen LogP contribution in [0.1, 0.15) is 43.5 Å². The molecule has 0 unspecified atom stereocenters. The molecule has 2 aromatic rings. The molecule has 22 heavy (non-hydrogen) atoms. The summed E-state index contributed by atoms with van der Waals surface area (Å²) in [5.74, 6) is 0. The maximum Gasteiger partial charge on any atom is 0.317 e. The summed E-state index contributed by atoms with van der Waals surface area (Å²) in [5, 5.41) is 4.16. The predicted molar refractivity (Wildman–Crippen MR) is 91.1 cm³/mol. The van der Waals surface area contributed by atoms with E-state index in [4.69, 9.17) is 0 Å². The minimum Gasteiger partial charge on any atom is -0.335 e. The SMILES string of the molecule is CN(Cc1nc2ccccc2s1)C(=O)NC1CCCCCC1. The molecule has 5 heteroatoms. The normalized spacial score (nSPS) is 16.4. The van der Waals surface area contributed by atoms with E-state index < -0.39 is 0 Å². The van der Waals surface area contributed by atoms with Gasteiger partial charge in [0.2, 0.25) is 0 Å². The van der Waals surface area contributed by atoms with Crippen LogP contribution in [-0.2, 0) is 6.54 Å². The molecule has 1 aromatic carbocycles. The molecule has 1 heterocycles. The van der Waals surface area contributed by atoms with Gasteiger partial charge < -0.3 is 10.2 Å². The molecule has 0 saturated heterocycles. The second-order valence-corrected chi connectivity index (χ2v) is 7.18. The molecule has 0 radical (unpaired) electrons. The van der Waals surface area contributed by atoms with E-state index in [1.54, 1.807) is 16.2 Å². The fraction of sp³-hybridized carbons (Fsp3) is 0.529. The van der Waals surface area contributed by atoms with Crippen LogP contribution in [0.5, 0.6) is 0 Å². The first kappa shape index (κ1) is 15.3. The molecule has 0 bridgehead atoms. The summed E-state index contributed by atoms with van der Waals surface area (Å²) in [5.41, 5.74) is 1.01. The van der Waals surface area contributed by atoms with Crippen LogP contribution in [0.2, 0.25) is 0 Å². The van der Waals surface area contributed by atoms with Crippen LogP contribution in [0.15, 0.2) is 24.3 Å². The lowest BCUT2D eigenvalue weighted by Gasteiger charge is -2.22. The van der Waals surface area contributed by atoms with Gasteiger partial charge in [0, 0.05) is 13.1 Å². The van der Waals surface area contributed by atoms with E-state index in [1.807, 2.05) is 25.2 Å². The highest BCUT2D eigenvalue weighted by atomic mass is 32.1. The number of nitrogens with one attached hydrogen (secondary N) is 1. The number of carbonyl (C=O) groups is 1. The molecular weight excluding hydrogens is 294 g/mol. The Hall–Kier alpha value is -1.62. The van der Waals surface area contributed by atoms with Gasteiger partial charge in [-0.2, -0.15) is 0 Å². The smallest absolute Gasteiger partial charge is 0.317 e. The molecule has 1 fully saturated rings. The zero-order chi connectivity index (χ0) is 15.4. The first-order chi connectivity index (χ1) is 10.7. The number of hydrogen-bond donors (Lipinski definition) is 1. The van der Waals surface area contributed by atoms with Gasteiger partial charge >= 0.3 is 6.03 Å². The Kier molecular flexibility index (Phi) is 4.93. The van der Waals surface area contributed by atoms with Gasteiger partial charge in [0.15, 0.2) is 0 Å². The monoisotopic (exact) mass is 317 g/mol. The van der Waals surface area contributed by atoms with Crippen LogP contribution in [0.3, 0.4) is 0 Å². The third kappa shape index (κ3) is 3.77. The minimum absolute atomic E-state index is 0.0196. The summed E-state index contributed by atoms with van der Waals surface area (Å²) in [6, 6.07) is 8.46.